The smallest absolute Gasteiger partial charge is 0.186 e. The molecule has 1 rings (SSSR count). The molecule has 0 aliphatic carbocycles. The van der Waals surface area contributed by atoms with Gasteiger partial charge in [0.15, 0.2) is 5.78 Å². The second-order valence-electron chi connectivity index (χ2n) is 3.24. The highest BCUT2D eigenvalue weighted by Gasteiger charge is 2.09. The lowest BCUT2D eigenvalue weighted by atomic mass is 10.3. The summed E-state index contributed by atoms with van der Waals surface area (Å²) >= 11 is 1.51. The Labute approximate surface area is 88.7 Å². The van der Waals surface area contributed by atoms with Crippen molar-refractivity contribution in [2.75, 3.05) is 33.7 Å². The van der Waals surface area contributed by atoms with E-state index in [0.717, 1.165) is 18.0 Å². The molecule has 3 nitrogen and oxygen atoms in total. The number of hydrogen-bond acceptors (Lipinski definition) is 4. The van der Waals surface area contributed by atoms with Crippen LogP contribution in [0.25, 0.3) is 0 Å². The second-order valence-corrected chi connectivity index (χ2v) is 4.19. The lowest BCUT2D eigenvalue weighted by Crippen LogP contribution is -2.31. The van der Waals surface area contributed by atoms with E-state index >= 15 is 0 Å². The van der Waals surface area contributed by atoms with Gasteiger partial charge in [-0.25, -0.2) is 0 Å². The van der Waals surface area contributed by atoms with E-state index in [-0.39, 0.29) is 5.78 Å². The molecule has 78 valence electrons. The van der Waals surface area contributed by atoms with E-state index in [0.29, 0.717) is 6.54 Å². The number of likely N-dealkylation sites (N-methyl/N-ethyl adjacent to an activating group) is 2. The molecule has 0 aromatic carbocycles. The molecule has 0 spiro atoms. The van der Waals surface area contributed by atoms with Gasteiger partial charge < -0.3 is 5.32 Å². The Morgan fingerprint density at radius 1 is 1.64 bits per heavy atom. The van der Waals surface area contributed by atoms with Crippen LogP contribution in [0, 0.1) is 0 Å². The third kappa shape index (κ3) is 3.57. The van der Waals surface area contributed by atoms with Crippen LogP contribution in [0.5, 0.6) is 0 Å². The summed E-state index contributed by atoms with van der Waals surface area (Å²) in [7, 11) is 3.87. The summed E-state index contributed by atoms with van der Waals surface area (Å²) in [5.74, 6) is 0.207. The van der Waals surface area contributed by atoms with Crippen LogP contribution in [0.2, 0.25) is 0 Å². The second kappa shape index (κ2) is 5.90. The first-order valence-corrected chi connectivity index (χ1v) is 5.52. The zero-order chi connectivity index (χ0) is 10.4. The minimum Gasteiger partial charge on any atom is -0.318 e. The SMILES string of the molecule is CNCCN(C)CC(=O)c1cccs1. The summed E-state index contributed by atoms with van der Waals surface area (Å²) in [6.07, 6.45) is 0. The molecule has 0 amide bonds. The van der Waals surface area contributed by atoms with Crippen LogP contribution < -0.4 is 5.32 Å². The quantitative estimate of drug-likeness (QED) is 0.716. The first kappa shape index (κ1) is 11.4. The van der Waals surface area contributed by atoms with E-state index in [1.165, 1.54) is 11.3 Å². The summed E-state index contributed by atoms with van der Waals surface area (Å²) in [6.45, 7) is 2.31. The standard InChI is InChI=1S/C10H16N2OS/c1-11-5-6-12(2)8-9(13)10-4-3-7-14-10/h3-4,7,11H,5-6,8H2,1-2H3. The minimum absolute atomic E-state index is 0.207. The van der Waals surface area contributed by atoms with Crippen molar-refractivity contribution < 1.29 is 4.79 Å². The predicted octanol–water partition coefficient (Wildman–Crippen LogP) is 1.08. The number of carbonyl (C=O) groups excluding carboxylic acids is 1. The van der Waals surface area contributed by atoms with Crippen LogP contribution in [-0.2, 0) is 0 Å². The van der Waals surface area contributed by atoms with E-state index in [1.54, 1.807) is 0 Å². The lowest BCUT2D eigenvalue weighted by Gasteiger charge is -2.14. The average molecular weight is 212 g/mol. The zero-order valence-electron chi connectivity index (χ0n) is 8.62. The molecule has 0 aliphatic rings. The molecule has 1 heterocycles. The number of ketones is 1. The number of nitrogens with zero attached hydrogens (tertiary/aromatic N) is 1. The number of thiophene rings is 1. The first-order chi connectivity index (χ1) is 6.74. The maximum absolute atomic E-state index is 11.6. The molecule has 0 saturated carbocycles. The number of nitrogens with one attached hydrogen (secondary N) is 1. The fourth-order valence-electron chi connectivity index (χ4n) is 1.14. The molecule has 14 heavy (non-hydrogen) atoms. The fourth-order valence-corrected chi connectivity index (χ4v) is 1.80. The van der Waals surface area contributed by atoms with Gasteiger partial charge in [-0.05, 0) is 25.5 Å². The molecule has 1 aromatic heterocycles. The molecule has 0 fully saturated rings. The number of hydrogen-bond donors (Lipinski definition) is 1. The van der Waals surface area contributed by atoms with E-state index in [1.807, 2.05) is 36.5 Å². The van der Waals surface area contributed by atoms with Gasteiger partial charge in [0.25, 0.3) is 0 Å². The van der Waals surface area contributed by atoms with Gasteiger partial charge in [-0.3, -0.25) is 9.69 Å². The molecular weight excluding hydrogens is 196 g/mol. The van der Waals surface area contributed by atoms with Crippen molar-refractivity contribution in [3.63, 3.8) is 0 Å². The molecule has 0 radical (unpaired) electrons. The van der Waals surface area contributed by atoms with E-state index < -0.39 is 0 Å². The molecule has 0 atom stereocenters. The number of Topliss-reactive ketones (excluding diaryl/α,β-unsaturated/α-hetero) is 1. The van der Waals surface area contributed by atoms with Crippen molar-refractivity contribution in [1.82, 2.24) is 10.2 Å². The molecule has 0 aliphatic heterocycles. The molecule has 0 saturated heterocycles. The van der Waals surface area contributed by atoms with Gasteiger partial charge >= 0.3 is 0 Å². The number of rotatable bonds is 6. The molecular formula is C10H16N2OS. The van der Waals surface area contributed by atoms with Crippen molar-refractivity contribution in [2.45, 2.75) is 0 Å². The highest BCUT2D eigenvalue weighted by atomic mass is 32.1. The zero-order valence-corrected chi connectivity index (χ0v) is 9.43. The Hall–Kier alpha value is -0.710. The Balaban J connectivity index is 2.34. The topological polar surface area (TPSA) is 32.3 Å². The van der Waals surface area contributed by atoms with Crippen LogP contribution in [0.3, 0.4) is 0 Å². The van der Waals surface area contributed by atoms with Gasteiger partial charge in [-0.2, -0.15) is 0 Å². The minimum atomic E-state index is 0.207. The predicted molar refractivity (Wildman–Crippen MR) is 60.1 cm³/mol. The van der Waals surface area contributed by atoms with Crippen molar-refractivity contribution in [3.05, 3.63) is 22.4 Å². The van der Waals surface area contributed by atoms with Crippen LogP contribution in [0.15, 0.2) is 17.5 Å². The molecule has 1 aromatic rings. The van der Waals surface area contributed by atoms with Crippen molar-refractivity contribution >= 4 is 17.1 Å². The normalized spacial score (nSPS) is 10.8. The Morgan fingerprint density at radius 3 is 3.00 bits per heavy atom. The number of carbonyl (C=O) groups is 1. The maximum Gasteiger partial charge on any atom is 0.186 e. The van der Waals surface area contributed by atoms with Crippen molar-refractivity contribution in [2.24, 2.45) is 0 Å². The average Bonchev–Trinajstić information content (AvgIpc) is 2.67. The first-order valence-electron chi connectivity index (χ1n) is 4.64. The largest absolute Gasteiger partial charge is 0.318 e. The van der Waals surface area contributed by atoms with Gasteiger partial charge in [-0.15, -0.1) is 11.3 Å². The van der Waals surface area contributed by atoms with E-state index in [4.69, 9.17) is 0 Å². The molecule has 1 N–H and O–H groups in total. The van der Waals surface area contributed by atoms with E-state index in [9.17, 15) is 4.79 Å². The third-order valence-corrected chi connectivity index (χ3v) is 2.86. The van der Waals surface area contributed by atoms with Gasteiger partial charge in [0.1, 0.15) is 0 Å². The van der Waals surface area contributed by atoms with Gasteiger partial charge in [0, 0.05) is 13.1 Å². The Morgan fingerprint density at radius 2 is 2.43 bits per heavy atom. The van der Waals surface area contributed by atoms with Crippen LogP contribution in [-0.4, -0.2) is 44.4 Å². The summed E-state index contributed by atoms with van der Waals surface area (Å²) in [4.78, 5) is 14.5. The molecule has 0 bridgehead atoms. The Bertz CT molecular complexity index is 272. The monoisotopic (exact) mass is 212 g/mol. The molecule has 0 unspecified atom stereocenters. The highest BCUT2D eigenvalue weighted by Crippen LogP contribution is 2.09. The van der Waals surface area contributed by atoms with Crippen LogP contribution >= 0.6 is 11.3 Å². The van der Waals surface area contributed by atoms with Crippen LogP contribution in [0.4, 0.5) is 0 Å². The van der Waals surface area contributed by atoms with Gasteiger partial charge in [-0.1, -0.05) is 6.07 Å². The van der Waals surface area contributed by atoms with E-state index in [2.05, 4.69) is 5.32 Å². The lowest BCUT2D eigenvalue weighted by molar-refractivity contribution is 0.0951. The summed E-state index contributed by atoms with van der Waals surface area (Å²) < 4.78 is 0. The summed E-state index contributed by atoms with van der Waals surface area (Å²) in [5.41, 5.74) is 0. The highest BCUT2D eigenvalue weighted by molar-refractivity contribution is 7.12. The van der Waals surface area contributed by atoms with Gasteiger partial charge in [0.05, 0.1) is 11.4 Å². The fraction of sp³-hybridized carbons (Fsp3) is 0.500. The summed E-state index contributed by atoms with van der Waals surface area (Å²) in [6, 6.07) is 3.78. The Kier molecular flexibility index (Phi) is 4.79. The molecule has 4 heteroatoms. The third-order valence-electron chi connectivity index (χ3n) is 1.95. The van der Waals surface area contributed by atoms with Crippen LogP contribution in [0.1, 0.15) is 9.67 Å². The van der Waals surface area contributed by atoms with Crippen molar-refractivity contribution in [1.29, 1.82) is 0 Å². The van der Waals surface area contributed by atoms with Crippen molar-refractivity contribution in [3.8, 4) is 0 Å². The maximum atomic E-state index is 11.6. The summed E-state index contributed by atoms with van der Waals surface area (Å²) in [5, 5.41) is 4.99. The van der Waals surface area contributed by atoms with Gasteiger partial charge in [0.2, 0.25) is 0 Å².